The lowest BCUT2D eigenvalue weighted by Crippen LogP contribution is -2.39. The van der Waals surface area contributed by atoms with Crippen LogP contribution in [0.1, 0.15) is 33.6 Å². The topological polar surface area (TPSA) is 51.7 Å². The number of pyridine rings is 1. The Morgan fingerprint density at radius 3 is 2.90 bits per heavy atom. The first-order valence-corrected chi connectivity index (χ1v) is 7.46. The molecule has 2 heterocycles. The van der Waals surface area contributed by atoms with E-state index in [4.69, 9.17) is 21.2 Å². The van der Waals surface area contributed by atoms with Crippen molar-refractivity contribution in [3.05, 3.63) is 23.5 Å². The maximum atomic E-state index is 12.0. The van der Waals surface area contributed by atoms with Gasteiger partial charge in [-0.2, -0.15) is 0 Å². The van der Waals surface area contributed by atoms with Crippen LogP contribution in [-0.4, -0.2) is 35.2 Å². The van der Waals surface area contributed by atoms with Crippen LogP contribution in [0.2, 0.25) is 5.02 Å². The van der Waals surface area contributed by atoms with Gasteiger partial charge in [-0.25, -0.2) is 4.79 Å². The fourth-order valence-electron chi connectivity index (χ4n) is 2.00. The third-order valence-electron chi connectivity index (χ3n) is 3.26. The summed E-state index contributed by atoms with van der Waals surface area (Å²) in [5.74, 6) is 0.398. The molecule has 116 valence electrons. The van der Waals surface area contributed by atoms with Crippen LogP contribution in [-0.2, 0) is 9.63 Å². The second-order valence-electron chi connectivity index (χ2n) is 6.22. The Kier molecular flexibility index (Phi) is 5.06. The van der Waals surface area contributed by atoms with Gasteiger partial charge in [0.15, 0.2) is 0 Å². The summed E-state index contributed by atoms with van der Waals surface area (Å²) in [6.45, 7) is 6.71. The minimum atomic E-state index is -0.509. The molecule has 0 N–H and O–H groups in total. The van der Waals surface area contributed by atoms with E-state index >= 15 is 0 Å². The number of hydrogen-bond acceptors (Lipinski definition) is 5. The van der Waals surface area contributed by atoms with Crippen LogP contribution in [0.5, 0.6) is 5.75 Å². The van der Waals surface area contributed by atoms with Gasteiger partial charge in [0.1, 0.15) is 12.4 Å². The zero-order chi connectivity index (χ0) is 15.5. The van der Waals surface area contributed by atoms with Crippen molar-refractivity contribution in [2.75, 3.05) is 13.2 Å². The molecule has 5 nitrogen and oxygen atoms in total. The SMILES string of the molecule is CC(C)(C)C(=O)ON1CCCC1COc1cncc(Cl)c1. The highest BCUT2D eigenvalue weighted by Crippen LogP contribution is 2.23. The van der Waals surface area contributed by atoms with Gasteiger partial charge < -0.3 is 9.57 Å². The van der Waals surface area contributed by atoms with Crippen molar-refractivity contribution in [3.8, 4) is 5.75 Å². The Hall–Kier alpha value is -1.33. The van der Waals surface area contributed by atoms with Crippen LogP contribution < -0.4 is 4.74 Å². The number of carbonyl (C=O) groups excluding carboxylic acids is 1. The van der Waals surface area contributed by atoms with E-state index in [1.165, 1.54) is 0 Å². The van der Waals surface area contributed by atoms with Gasteiger partial charge in [0, 0.05) is 18.8 Å². The smallest absolute Gasteiger partial charge is 0.330 e. The lowest BCUT2D eigenvalue weighted by Gasteiger charge is -2.26. The molecule has 1 aliphatic rings. The van der Waals surface area contributed by atoms with E-state index in [1.54, 1.807) is 23.5 Å². The molecule has 21 heavy (non-hydrogen) atoms. The van der Waals surface area contributed by atoms with Crippen LogP contribution in [0.15, 0.2) is 18.5 Å². The first kappa shape index (κ1) is 16.0. The van der Waals surface area contributed by atoms with E-state index in [0.717, 1.165) is 19.4 Å². The molecule has 1 aliphatic heterocycles. The summed E-state index contributed by atoms with van der Waals surface area (Å²) in [7, 11) is 0. The van der Waals surface area contributed by atoms with E-state index < -0.39 is 5.41 Å². The molecule has 0 radical (unpaired) electrons. The molecular weight excluding hydrogens is 292 g/mol. The lowest BCUT2D eigenvalue weighted by molar-refractivity contribution is -0.206. The monoisotopic (exact) mass is 312 g/mol. The summed E-state index contributed by atoms with van der Waals surface area (Å²) < 4.78 is 5.69. The molecule has 0 aromatic carbocycles. The van der Waals surface area contributed by atoms with Crippen LogP contribution >= 0.6 is 11.6 Å². The highest BCUT2D eigenvalue weighted by molar-refractivity contribution is 6.30. The average Bonchev–Trinajstić information content (AvgIpc) is 2.83. The van der Waals surface area contributed by atoms with Crippen LogP contribution in [0, 0.1) is 5.41 Å². The van der Waals surface area contributed by atoms with Crippen molar-refractivity contribution in [2.45, 2.75) is 39.7 Å². The Labute approximate surface area is 130 Å². The fraction of sp³-hybridized carbons (Fsp3) is 0.600. The number of nitrogens with zero attached hydrogens (tertiary/aromatic N) is 2. The summed E-state index contributed by atoms with van der Waals surface area (Å²) in [5, 5.41) is 2.26. The van der Waals surface area contributed by atoms with Crippen LogP contribution in [0.4, 0.5) is 0 Å². The van der Waals surface area contributed by atoms with Gasteiger partial charge in [0.2, 0.25) is 0 Å². The van der Waals surface area contributed by atoms with Gasteiger partial charge in [-0.15, -0.1) is 5.06 Å². The molecular formula is C15H21ClN2O3. The quantitative estimate of drug-likeness (QED) is 0.855. The maximum absolute atomic E-state index is 12.0. The van der Waals surface area contributed by atoms with E-state index in [1.807, 2.05) is 20.8 Å². The number of hydrogen-bond donors (Lipinski definition) is 0. The van der Waals surface area contributed by atoms with Crippen molar-refractivity contribution in [1.29, 1.82) is 0 Å². The fourth-order valence-corrected chi connectivity index (χ4v) is 2.17. The van der Waals surface area contributed by atoms with Crippen molar-refractivity contribution in [3.63, 3.8) is 0 Å². The van der Waals surface area contributed by atoms with Crippen molar-refractivity contribution in [1.82, 2.24) is 10.0 Å². The molecule has 1 unspecified atom stereocenters. The van der Waals surface area contributed by atoms with Gasteiger partial charge in [-0.05, 0) is 33.6 Å². The largest absolute Gasteiger partial charge is 0.490 e. The van der Waals surface area contributed by atoms with Crippen molar-refractivity contribution >= 4 is 17.6 Å². The standard InChI is InChI=1S/C15H21ClN2O3/c1-15(2,3)14(19)21-18-6-4-5-12(18)10-20-13-7-11(16)8-17-9-13/h7-9,12H,4-6,10H2,1-3H3. The first-order chi connectivity index (χ1) is 9.86. The number of halogens is 1. The second-order valence-corrected chi connectivity index (χ2v) is 6.65. The summed E-state index contributed by atoms with van der Waals surface area (Å²) in [4.78, 5) is 21.4. The highest BCUT2D eigenvalue weighted by Gasteiger charge is 2.32. The third-order valence-corrected chi connectivity index (χ3v) is 3.46. The Morgan fingerprint density at radius 2 is 2.24 bits per heavy atom. The second kappa shape index (κ2) is 6.62. The van der Waals surface area contributed by atoms with E-state index in [2.05, 4.69) is 4.98 Å². The Bertz CT molecular complexity index is 502. The average molecular weight is 313 g/mol. The molecule has 1 atom stereocenters. The Morgan fingerprint density at radius 1 is 1.48 bits per heavy atom. The zero-order valence-corrected chi connectivity index (χ0v) is 13.4. The predicted octanol–water partition coefficient (Wildman–Crippen LogP) is 3.08. The van der Waals surface area contributed by atoms with Gasteiger partial charge >= 0.3 is 5.97 Å². The molecule has 0 aliphatic carbocycles. The molecule has 1 aromatic heterocycles. The van der Waals surface area contributed by atoms with Gasteiger partial charge in [0.25, 0.3) is 0 Å². The summed E-state index contributed by atoms with van der Waals surface area (Å²) in [6.07, 6.45) is 5.10. The number of carbonyl (C=O) groups is 1. The van der Waals surface area contributed by atoms with E-state index in [9.17, 15) is 4.79 Å². The molecule has 2 rings (SSSR count). The minimum absolute atomic E-state index is 0.0651. The van der Waals surface area contributed by atoms with Gasteiger partial charge in [0.05, 0.1) is 22.7 Å². The molecule has 0 spiro atoms. The highest BCUT2D eigenvalue weighted by atomic mass is 35.5. The van der Waals surface area contributed by atoms with E-state index in [0.29, 0.717) is 17.4 Å². The normalized spacial score (nSPS) is 19.5. The van der Waals surface area contributed by atoms with Gasteiger partial charge in [-0.3, -0.25) is 4.98 Å². The maximum Gasteiger partial charge on any atom is 0.330 e. The van der Waals surface area contributed by atoms with Crippen molar-refractivity contribution < 1.29 is 14.4 Å². The summed E-state index contributed by atoms with van der Waals surface area (Å²) in [6, 6.07) is 1.78. The molecule has 1 aromatic rings. The summed E-state index contributed by atoms with van der Waals surface area (Å²) >= 11 is 5.87. The van der Waals surface area contributed by atoms with E-state index in [-0.39, 0.29) is 12.0 Å². The third kappa shape index (κ3) is 4.58. The number of ether oxygens (including phenoxy) is 1. The predicted molar refractivity (Wildman–Crippen MR) is 80.0 cm³/mol. The van der Waals surface area contributed by atoms with Crippen LogP contribution in [0.3, 0.4) is 0 Å². The number of hydroxylamine groups is 2. The van der Waals surface area contributed by atoms with Crippen LogP contribution in [0.25, 0.3) is 0 Å². The lowest BCUT2D eigenvalue weighted by atomic mass is 9.98. The first-order valence-electron chi connectivity index (χ1n) is 7.08. The molecule has 1 fully saturated rings. The number of rotatable bonds is 4. The molecule has 0 bridgehead atoms. The number of aromatic nitrogens is 1. The zero-order valence-electron chi connectivity index (χ0n) is 12.6. The molecule has 0 amide bonds. The molecule has 6 heteroatoms. The van der Waals surface area contributed by atoms with Crippen molar-refractivity contribution in [2.24, 2.45) is 5.41 Å². The molecule has 0 saturated carbocycles. The van der Waals surface area contributed by atoms with Gasteiger partial charge in [-0.1, -0.05) is 11.6 Å². The summed E-state index contributed by atoms with van der Waals surface area (Å²) in [5.41, 5.74) is -0.509. The Balaban J connectivity index is 1.89. The minimum Gasteiger partial charge on any atom is -0.490 e. The molecule has 1 saturated heterocycles.